The van der Waals surface area contributed by atoms with Crippen LogP contribution in [0.5, 0.6) is 28.9 Å². The molecule has 0 aliphatic rings. The number of nitrogens with zero attached hydrogens (tertiary/aromatic N) is 4. The van der Waals surface area contributed by atoms with E-state index in [1.54, 1.807) is 38.0 Å². The lowest BCUT2D eigenvalue weighted by atomic mass is 10.2. The van der Waals surface area contributed by atoms with E-state index in [1.165, 1.54) is 0 Å². The largest absolute Gasteiger partial charge is 0.493 e. The highest BCUT2D eigenvalue weighted by Gasteiger charge is 2.20. The molecule has 0 amide bonds. The van der Waals surface area contributed by atoms with Crippen LogP contribution in [-0.2, 0) is 0 Å². The number of hydrogen-bond acceptors (Lipinski definition) is 7. The Kier molecular flexibility index (Phi) is 5.69. The molecule has 0 saturated heterocycles. The third kappa shape index (κ3) is 3.88. The molecule has 9 heteroatoms. The van der Waals surface area contributed by atoms with Gasteiger partial charge in [0.2, 0.25) is 11.6 Å². The number of imidazole rings is 1. The Balaban J connectivity index is 1.88. The maximum atomic E-state index is 6.22. The molecule has 0 aliphatic carbocycles. The second-order valence-electron chi connectivity index (χ2n) is 6.72. The quantitative estimate of drug-likeness (QED) is 0.381. The highest BCUT2D eigenvalue weighted by atomic mass is 79.9. The Labute approximate surface area is 187 Å². The Morgan fingerprint density at radius 1 is 0.871 bits per heavy atom. The van der Waals surface area contributed by atoms with Crippen molar-refractivity contribution in [2.45, 2.75) is 13.8 Å². The van der Waals surface area contributed by atoms with Gasteiger partial charge in [-0.05, 0) is 26.0 Å². The van der Waals surface area contributed by atoms with Crippen molar-refractivity contribution in [3.63, 3.8) is 0 Å². The van der Waals surface area contributed by atoms with Gasteiger partial charge in [-0.1, -0.05) is 28.1 Å². The van der Waals surface area contributed by atoms with E-state index in [1.807, 2.05) is 38.1 Å². The minimum absolute atomic E-state index is 0.375. The third-order valence-corrected chi connectivity index (χ3v) is 5.28. The molecular formula is C22H21BrN4O4. The topological polar surface area (TPSA) is 80.0 Å². The van der Waals surface area contributed by atoms with Crippen LogP contribution in [0.2, 0.25) is 0 Å². The number of ether oxygens (including phenoxy) is 4. The number of hydrogen-bond donors (Lipinski definition) is 0. The molecule has 2 heterocycles. The first-order chi connectivity index (χ1) is 14.9. The van der Waals surface area contributed by atoms with Crippen molar-refractivity contribution in [1.29, 1.82) is 0 Å². The number of aryl methyl sites for hydroxylation is 2. The molecule has 0 saturated carbocycles. The molecule has 0 unspecified atom stereocenters. The van der Waals surface area contributed by atoms with E-state index in [0.717, 1.165) is 21.6 Å². The molecule has 0 radical (unpaired) electrons. The van der Waals surface area contributed by atoms with E-state index < -0.39 is 0 Å². The van der Waals surface area contributed by atoms with Crippen molar-refractivity contribution >= 4 is 21.4 Å². The van der Waals surface area contributed by atoms with Gasteiger partial charge in [-0.15, -0.1) is 5.10 Å². The van der Waals surface area contributed by atoms with Crippen molar-refractivity contribution in [2.75, 3.05) is 21.3 Å². The van der Waals surface area contributed by atoms with Crippen LogP contribution in [0.4, 0.5) is 0 Å². The molecule has 0 spiro atoms. The van der Waals surface area contributed by atoms with Crippen molar-refractivity contribution < 1.29 is 18.9 Å². The first kappa shape index (κ1) is 20.9. The minimum atomic E-state index is 0.375. The van der Waals surface area contributed by atoms with Crippen LogP contribution in [0.1, 0.15) is 11.5 Å². The predicted molar refractivity (Wildman–Crippen MR) is 120 cm³/mol. The summed E-state index contributed by atoms with van der Waals surface area (Å²) in [5.41, 5.74) is 2.31. The van der Waals surface area contributed by atoms with Crippen molar-refractivity contribution in [3.8, 4) is 40.3 Å². The lowest BCUT2D eigenvalue weighted by Gasteiger charge is -2.15. The second-order valence-corrected chi connectivity index (χ2v) is 7.63. The first-order valence-corrected chi connectivity index (χ1v) is 10.2. The molecule has 2 aromatic carbocycles. The first-order valence-electron chi connectivity index (χ1n) is 9.43. The van der Waals surface area contributed by atoms with Crippen LogP contribution in [-0.4, -0.2) is 40.9 Å². The maximum absolute atomic E-state index is 6.22. The van der Waals surface area contributed by atoms with E-state index in [-0.39, 0.29) is 0 Å². The van der Waals surface area contributed by atoms with Gasteiger partial charge in [0.25, 0.3) is 0 Å². The van der Waals surface area contributed by atoms with E-state index in [4.69, 9.17) is 23.9 Å². The molecule has 0 bridgehead atoms. The van der Waals surface area contributed by atoms with Crippen molar-refractivity contribution in [1.82, 2.24) is 19.6 Å². The fourth-order valence-corrected chi connectivity index (χ4v) is 3.58. The fraction of sp³-hybridized carbons (Fsp3) is 0.227. The highest BCUT2D eigenvalue weighted by molar-refractivity contribution is 9.10. The van der Waals surface area contributed by atoms with Crippen LogP contribution < -0.4 is 18.9 Å². The normalized spacial score (nSPS) is 10.9. The van der Waals surface area contributed by atoms with Crippen LogP contribution in [0.15, 0.2) is 40.9 Å². The number of aromatic nitrogens is 4. The number of methoxy groups -OCH3 is 3. The summed E-state index contributed by atoms with van der Waals surface area (Å²) in [6.45, 7) is 3.79. The summed E-state index contributed by atoms with van der Waals surface area (Å²) >= 11 is 3.46. The zero-order valence-electron chi connectivity index (χ0n) is 17.8. The molecule has 160 valence electrons. The van der Waals surface area contributed by atoms with Crippen LogP contribution in [0.25, 0.3) is 16.9 Å². The van der Waals surface area contributed by atoms with Gasteiger partial charge in [-0.3, -0.25) is 0 Å². The molecule has 0 N–H and O–H groups in total. The van der Waals surface area contributed by atoms with Gasteiger partial charge in [0.15, 0.2) is 22.8 Å². The molecule has 0 fully saturated rings. The fourth-order valence-electron chi connectivity index (χ4n) is 3.31. The molecule has 8 nitrogen and oxygen atoms in total. The van der Waals surface area contributed by atoms with Crippen LogP contribution in [0.3, 0.4) is 0 Å². The molecule has 0 atom stereocenters. The summed E-state index contributed by atoms with van der Waals surface area (Å²) in [6, 6.07) is 11.2. The average molecular weight is 485 g/mol. The maximum Gasteiger partial charge on any atom is 0.249 e. The lowest BCUT2D eigenvalue weighted by Crippen LogP contribution is -2.03. The molecule has 4 rings (SSSR count). The summed E-state index contributed by atoms with van der Waals surface area (Å²) in [5, 5.41) is 4.67. The average Bonchev–Trinajstić information content (AvgIpc) is 3.07. The Hall–Kier alpha value is -3.33. The van der Waals surface area contributed by atoms with Gasteiger partial charge < -0.3 is 18.9 Å². The van der Waals surface area contributed by atoms with Gasteiger partial charge in [-0.25, -0.2) is 9.50 Å². The number of fused-ring (bicyclic) bond motifs is 1. The zero-order valence-corrected chi connectivity index (χ0v) is 19.3. The van der Waals surface area contributed by atoms with E-state index in [0.29, 0.717) is 40.2 Å². The molecular weight excluding hydrogens is 464 g/mol. The standard InChI is InChI=1S/C22H21BrN4O4/c1-12-19-22(31-16-10-17(28-3)20(30-5)18(11-16)29-4)25-21(26-27(19)13(2)24-12)14-6-8-15(23)9-7-14/h6-11H,1-5H3. The third-order valence-electron chi connectivity index (χ3n) is 4.75. The van der Waals surface area contributed by atoms with Gasteiger partial charge in [0, 0.05) is 22.2 Å². The Morgan fingerprint density at radius 2 is 1.52 bits per heavy atom. The van der Waals surface area contributed by atoms with E-state index >= 15 is 0 Å². The van der Waals surface area contributed by atoms with Crippen molar-refractivity contribution in [2.24, 2.45) is 0 Å². The molecule has 0 aliphatic heterocycles. The molecule has 31 heavy (non-hydrogen) atoms. The minimum Gasteiger partial charge on any atom is -0.493 e. The van der Waals surface area contributed by atoms with Gasteiger partial charge in [0.05, 0.1) is 27.0 Å². The summed E-state index contributed by atoms with van der Waals surface area (Å²) in [7, 11) is 4.66. The lowest BCUT2D eigenvalue weighted by molar-refractivity contribution is 0.320. The predicted octanol–water partition coefficient (Wildman–Crippen LogP) is 4.99. The second kappa shape index (κ2) is 8.43. The summed E-state index contributed by atoms with van der Waals surface area (Å²) < 4.78 is 25.2. The smallest absolute Gasteiger partial charge is 0.249 e. The number of rotatable bonds is 6. The van der Waals surface area contributed by atoms with Gasteiger partial charge >= 0.3 is 0 Å². The number of halogens is 1. The Bertz CT molecular complexity index is 1230. The molecule has 4 aromatic rings. The van der Waals surface area contributed by atoms with Crippen molar-refractivity contribution in [3.05, 3.63) is 52.4 Å². The number of benzene rings is 2. The van der Waals surface area contributed by atoms with Gasteiger partial charge in [0.1, 0.15) is 11.6 Å². The monoisotopic (exact) mass is 484 g/mol. The van der Waals surface area contributed by atoms with E-state index in [9.17, 15) is 0 Å². The van der Waals surface area contributed by atoms with Gasteiger partial charge in [-0.2, -0.15) is 4.98 Å². The van der Waals surface area contributed by atoms with E-state index in [2.05, 4.69) is 26.0 Å². The highest BCUT2D eigenvalue weighted by Crippen LogP contribution is 2.42. The van der Waals surface area contributed by atoms with Crippen LogP contribution >= 0.6 is 15.9 Å². The zero-order chi connectivity index (χ0) is 22.1. The van der Waals surface area contributed by atoms with Crippen LogP contribution in [0, 0.1) is 13.8 Å². The summed E-state index contributed by atoms with van der Waals surface area (Å²) in [5.74, 6) is 3.56. The SMILES string of the molecule is COc1cc(Oc2nc(-c3ccc(Br)cc3)nn3c(C)nc(C)c23)cc(OC)c1OC. The summed E-state index contributed by atoms with van der Waals surface area (Å²) in [6.07, 6.45) is 0. The Morgan fingerprint density at radius 3 is 2.10 bits per heavy atom. The summed E-state index contributed by atoms with van der Waals surface area (Å²) in [4.78, 5) is 9.24. The molecule has 2 aromatic heterocycles.